The Bertz CT molecular complexity index is 776. The molecule has 0 fully saturated rings. The number of aromatic nitrogens is 1. The minimum absolute atomic E-state index is 0.260. The number of carbonyl (C=O) groups excluding carboxylic acids is 1. The molecule has 0 spiro atoms. The smallest absolute Gasteiger partial charge is 0.254 e. The van der Waals surface area contributed by atoms with E-state index >= 15 is 0 Å². The monoisotopic (exact) mass is 340 g/mol. The summed E-state index contributed by atoms with van der Waals surface area (Å²) in [5.74, 6) is 0.261. The lowest BCUT2D eigenvalue weighted by Gasteiger charge is -2.12. The number of pyridine rings is 1. The van der Waals surface area contributed by atoms with Gasteiger partial charge in [0.15, 0.2) is 0 Å². The number of rotatable bonds is 2. The van der Waals surface area contributed by atoms with Gasteiger partial charge in [0.05, 0.1) is 16.6 Å². The molecule has 2 N–H and O–H groups in total. The van der Waals surface area contributed by atoms with Crippen LogP contribution in [0.25, 0.3) is 0 Å². The van der Waals surface area contributed by atoms with Crippen molar-refractivity contribution >= 4 is 41.3 Å². The van der Waals surface area contributed by atoms with Gasteiger partial charge < -0.3 is 15.0 Å². The van der Waals surface area contributed by atoms with Crippen LogP contribution in [0.2, 0.25) is 10.0 Å². The zero-order valence-corrected chi connectivity index (χ0v) is 13.0. The molecule has 0 radical (unpaired) electrons. The SMILES string of the molecule is O=C(N[C@H]1COc2c1ccc(Cl)c2Cl)c1ccc[nH]c1=S. The fourth-order valence-corrected chi connectivity index (χ4v) is 2.78. The second-order valence-corrected chi connectivity index (χ2v) is 5.72. The van der Waals surface area contributed by atoms with Crippen LogP contribution in [0.1, 0.15) is 22.0 Å². The van der Waals surface area contributed by atoms with Crippen molar-refractivity contribution in [2.45, 2.75) is 6.04 Å². The number of benzene rings is 1. The van der Waals surface area contributed by atoms with Gasteiger partial charge in [-0.2, -0.15) is 0 Å². The molecule has 7 heteroatoms. The number of hydrogen-bond donors (Lipinski definition) is 2. The number of hydrogen-bond acceptors (Lipinski definition) is 3. The Labute approximate surface area is 136 Å². The topological polar surface area (TPSA) is 54.1 Å². The van der Waals surface area contributed by atoms with Crippen LogP contribution in [0.4, 0.5) is 0 Å². The Morgan fingerprint density at radius 3 is 2.95 bits per heavy atom. The minimum Gasteiger partial charge on any atom is -0.489 e. The normalized spacial score (nSPS) is 16.2. The largest absolute Gasteiger partial charge is 0.489 e. The lowest BCUT2D eigenvalue weighted by atomic mass is 10.1. The first-order valence-electron chi connectivity index (χ1n) is 6.17. The summed E-state index contributed by atoms with van der Waals surface area (Å²) in [6.07, 6.45) is 1.68. The number of carbonyl (C=O) groups is 1. The zero-order chi connectivity index (χ0) is 15.0. The fourth-order valence-electron chi connectivity index (χ4n) is 2.18. The molecule has 0 saturated heterocycles. The van der Waals surface area contributed by atoms with Gasteiger partial charge in [-0.25, -0.2) is 0 Å². The van der Waals surface area contributed by atoms with Crippen molar-refractivity contribution in [3.05, 3.63) is 56.3 Å². The molecule has 2 heterocycles. The van der Waals surface area contributed by atoms with E-state index in [2.05, 4.69) is 10.3 Å². The Hall–Kier alpha value is -1.56. The third-order valence-corrected chi connectivity index (χ3v) is 4.34. The third kappa shape index (κ3) is 2.64. The summed E-state index contributed by atoms with van der Waals surface area (Å²) >= 11 is 17.1. The standard InChI is InChI=1S/C14H10Cl2N2O2S/c15-9-4-3-7-10(6-20-12(7)11(9)16)18-13(19)8-2-1-5-17-14(8)21/h1-5,10H,6H2,(H,17,21)(H,18,19)/t10-/m0/s1. The summed E-state index contributed by atoms with van der Waals surface area (Å²) in [4.78, 5) is 15.1. The number of halogens is 2. The van der Waals surface area contributed by atoms with Gasteiger partial charge in [-0.15, -0.1) is 0 Å². The van der Waals surface area contributed by atoms with Gasteiger partial charge in [0.2, 0.25) is 0 Å². The molecule has 1 atom stereocenters. The van der Waals surface area contributed by atoms with Gasteiger partial charge in [0.1, 0.15) is 22.0 Å². The Morgan fingerprint density at radius 2 is 2.19 bits per heavy atom. The summed E-state index contributed by atoms with van der Waals surface area (Å²) in [6.45, 7) is 0.310. The molecule has 108 valence electrons. The molecule has 0 unspecified atom stereocenters. The predicted molar refractivity (Wildman–Crippen MR) is 83.8 cm³/mol. The van der Waals surface area contributed by atoms with Crippen LogP contribution in [0, 0.1) is 4.64 Å². The van der Waals surface area contributed by atoms with Crippen molar-refractivity contribution in [1.29, 1.82) is 0 Å². The van der Waals surface area contributed by atoms with Crippen LogP contribution < -0.4 is 10.1 Å². The highest BCUT2D eigenvalue weighted by molar-refractivity contribution is 7.71. The quantitative estimate of drug-likeness (QED) is 0.814. The lowest BCUT2D eigenvalue weighted by Crippen LogP contribution is -2.29. The number of amides is 1. The van der Waals surface area contributed by atoms with Crippen LogP contribution in [-0.4, -0.2) is 17.5 Å². The van der Waals surface area contributed by atoms with Crippen LogP contribution in [0.3, 0.4) is 0 Å². The molecular weight excluding hydrogens is 331 g/mol. The van der Waals surface area contributed by atoms with E-state index in [1.54, 1.807) is 30.5 Å². The first-order valence-corrected chi connectivity index (χ1v) is 7.33. The average molecular weight is 341 g/mol. The molecule has 1 amide bonds. The molecule has 1 aromatic heterocycles. The number of nitrogens with one attached hydrogen (secondary N) is 2. The van der Waals surface area contributed by atoms with Crippen molar-refractivity contribution in [3.8, 4) is 5.75 Å². The second-order valence-electron chi connectivity index (χ2n) is 4.53. The minimum atomic E-state index is -0.281. The summed E-state index contributed by atoms with van der Waals surface area (Å²) in [6, 6.07) is 6.59. The number of ether oxygens (including phenoxy) is 1. The highest BCUT2D eigenvalue weighted by Gasteiger charge is 2.29. The van der Waals surface area contributed by atoms with E-state index in [1.165, 1.54) is 0 Å². The fraction of sp³-hybridized carbons (Fsp3) is 0.143. The molecule has 21 heavy (non-hydrogen) atoms. The molecule has 1 aromatic carbocycles. The maximum absolute atomic E-state index is 12.3. The van der Waals surface area contributed by atoms with Crippen LogP contribution >= 0.6 is 35.4 Å². The van der Waals surface area contributed by atoms with Gasteiger partial charge in [0.25, 0.3) is 5.91 Å². The molecule has 0 aliphatic carbocycles. The van der Waals surface area contributed by atoms with Gasteiger partial charge in [-0.3, -0.25) is 4.79 Å². The third-order valence-electron chi connectivity index (χ3n) is 3.22. The van der Waals surface area contributed by atoms with Gasteiger partial charge >= 0.3 is 0 Å². The van der Waals surface area contributed by atoms with E-state index < -0.39 is 0 Å². The molecule has 1 aliphatic rings. The van der Waals surface area contributed by atoms with E-state index in [4.69, 9.17) is 40.2 Å². The first kappa shape index (κ1) is 14.4. The van der Waals surface area contributed by atoms with Gasteiger partial charge in [-0.1, -0.05) is 41.5 Å². The average Bonchev–Trinajstić information content (AvgIpc) is 2.87. The summed E-state index contributed by atoms with van der Waals surface area (Å²) in [5.41, 5.74) is 1.23. The van der Waals surface area contributed by atoms with Gasteiger partial charge in [0, 0.05) is 11.8 Å². The Balaban J connectivity index is 1.86. The van der Waals surface area contributed by atoms with Crippen molar-refractivity contribution in [1.82, 2.24) is 10.3 Å². The van der Waals surface area contributed by atoms with E-state index in [-0.39, 0.29) is 11.9 Å². The van der Waals surface area contributed by atoms with Crippen molar-refractivity contribution < 1.29 is 9.53 Å². The highest BCUT2D eigenvalue weighted by Crippen LogP contribution is 2.42. The van der Waals surface area contributed by atoms with E-state index in [0.29, 0.717) is 32.6 Å². The van der Waals surface area contributed by atoms with E-state index in [9.17, 15) is 4.79 Å². The molecule has 4 nitrogen and oxygen atoms in total. The molecule has 0 bridgehead atoms. The molecule has 1 aliphatic heterocycles. The summed E-state index contributed by atoms with van der Waals surface area (Å²) < 4.78 is 5.92. The van der Waals surface area contributed by atoms with Crippen molar-refractivity contribution in [2.75, 3.05) is 6.61 Å². The van der Waals surface area contributed by atoms with Crippen molar-refractivity contribution in [2.24, 2.45) is 0 Å². The molecule has 0 saturated carbocycles. The zero-order valence-electron chi connectivity index (χ0n) is 10.7. The highest BCUT2D eigenvalue weighted by atomic mass is 35.5. The van der Waals surface area contributed by atoms with Crippen LogP contribution in [0.15, 0.2) is 30.5 Å². The lowest BCUT2D eigenvalue weighted by molar-refractivity contribution is 0.0929. The molecular formula is C14H10Cl2N2O2S. The summed E-state index contributed by atoms with van der Waals surface area (Å²) in [7, 11) is 0. The summed E-state index contributed by atoms with van der Waals surface area (Å²) in [5, 5.41) is 3.67. The van der Waals surface area contributed by atoms with Crippen LogP contribution in [-0.2, 0) is 0 Å². The molecule has 2 aromatic rings. The van der Waals surface area contributed by atoms with Gasteiger partial charge in [-0.05, 0) is 18.2 Å². The second kappa shape index (κ2) is 5.67. The van der Waals surface area contributed by atoms with Crippen LogP contribution in [0.5, 0.6) is 5.75 Å². The van der Waals surface area contributed by atoms with Crippen molar-refractivity contribution in [3.63, 3.8) is 0 Å². The number of fused-ring (bicyclic) bond motifs is 1. The van der Waals surface area contributed by atoms with E-state index in [1.807, 2.05) is 0 Å². The Morgan fingerprint density at radius 1 is 1.38 bits per heavy atom. The predicted octanol–water partition coefficient (Wildman–Crippen LogP) is 3.91. The first-order chi connectivity index (χ1) is 10.1. The number of H-pyrrole nitrogens is 1. The molecule has 3 rings (SSSR count). The maximum Gasteiger partial charge on any atom is 0.254 e. The maximum atomic E-state index is 12.3. The number of aromatic amines is 1. The Kier molecular flexibility index (Phi) is 3.89. The van der Waals surface area contributed by atoms with E-state index in [0.717, 1.165) is 5.56 Å².